The minimum Gasteiger partial charge on any atom is -0.463 e. The first-order valence-corrected chi connectivity index (χ1v) is 8.24. The number of aromatic nitrogens is 1. The molecule has 3 aromatic rings. The van der Waals surface area contributed by atoms with E-state index in [0.717, 1.165) is 11.1 Å². The number of hydrogen-bond donors (Lipinski definition) is 2. The van der Waals surface area contributed by atoms with Crippen LogP contribution in [0.5, 0.6) is 0 Å². The van der Waals surface area contributed by atoms with Crippen molar-refractivity contribution < 1.29 is 14.0 Å². The van der Waals surface area contributed by atoms with Crippen molar-refractivity contribution in [2.75, 3.05) is 13.1 Å². The molecule has 0 unspecified atom stereocenters. The molecular formula is C18H18ClN3O3. The van der Waals surface area contributed by atoms with Gasteiger partial charge in [-0.2, -0.15) is 0 Å². The third-order valence-electron chi connectivity index (χ3n) is 3.96. The van der Waals surface area contributed by atoms with Crippen LogP contribution in [0.3, 0.4) is 0 Å². The highest BCUT2D eigenvalue weighted by molar-refractivity contribution is 6.30. The molecule has 0 saturated heterocycles. The normalized spacial score (nSPS) is 10.8. The molecule has 6 nitrogen and oxygen atoms in total. The third-order valence-corrected chi connectivity index (χ3v) is 4.21. The highest BCUT2D eigenvalue weighted by atomic mass is 35.5. The molecule has 3 rings (SSSR count). The average Bonchev–Trinajstić information content (AvgIpc) is 3.18. The number of amides is 2. The lowest BCUT2D eigenvalue weighted by atomic mass is 10.1. The molecule has 0 aliphatic carbocycles. The van der Waals surface area contributed by atoms with Gasteiger partial charge in [0.25, 0.3) is 5.91 Å². The van der Waals surface area contributed by atoms with Gasteiger partial charge >= 0.3 is 0 Å². The van der Waals surface area contributed by atoms with E-state index in [0.29, 0.717) is 29.3 Å². The molecule has 0 aliphatic heterocycles. The maximum atomic E-state index is 12.2. The Morgan fingerprint density at radius 1 is 1.16 bits per heavy atom. The number of rotatable bonds is 6. The van der Waals surface area contributed by atoms with Gasteiger partial charge in [0.05, 0.1) is 18.3 Å². The number of nitrogens with zero attached hydrogens (tertiary/aromatic N) is 1. The summed E-state index contributed by atoms with van der Waals surface area (Å²) in [5, 5.41) is 6.08. The van der Waals surface area contributed by atoms with Gasteiger partial charge in [-0.15, -0.1) is 0 Å². The van der Waals surface area contributed by atoms with E-state index in [-0.39, 0.29) is 18.4 Å². The van der Waals surface area contributed by atoms with Crippen LogP contribution in [0.25, 0.3) is 11.1 Å². The van der Waals surface area contributed by atoms with Gasteiger partial charge in [-0.05, 0) is 24.1 Å². The number of aryl methyl sites for hydroxylation is 1. The summed E-state index contributed by atoms with van der Waals surface area (Å²) in [7, 11) is 1.78. The predicted octanol–water partition coefficient (Wildman–Crippen LogP) is 2.51. The first-order valence-electron chi connectivity index (χ1n) is 7.87. The minimum absolute atomic E-state index is 0.0774. The molecule has 0 aliphatic rings. The fourth-order valence-corrected chi connectivity index (χ4v) is 2.70. The Bertz CT molecular complexity index is 896. The molecule has 0 fully saturated rings. The number of carbonyl (C=O) groups excluding carboxylic acids is 2. The van der Waals surface area contributed by atoms with E-state index in [9.17, 15) is 9.59 Å². The lowest BCUT2D eigenvalue weighted by molar-refractivity contribution is -0.120. The Kier molecular flexibility index (Phi) is 5.09. The van der Waals surface area contributed by atoms with Crippen molar-refractivity contribution in [2.45, 2.75) is 6.42 Å². The highest BCUT2D eigenvalue weighted by Crippen LogP contribution is 2.19. The van der Waals surface area contributed by atoms with E-state index in [1.807, 2.05) is 24.3 Å². The maximum Gasteiger partial charge on any atom is 0.268 e. The van der Waals surface area contributed by atoms with E-state index in [4.69, 9.17) is 16.0 Å². The predicted molar refractivity (Wildman–Crippen MR) is 95.7 cm³/mol. The molecule has 2 aromatic heterocycles. The van der Waals surface area contributed by atoms with Crippen LogP contribution < -0.4 is 10.6 Å². The fourth-order valence-electron chi connectivity index (χ4n) is 2.58. The monoisotopic (exact) mass is 359 g/mol. The van der Waals surface area contributed by atoms with Gasteiger partial charge in [-0.1, -0.05) is 23.7 Å². The first kappa shape index (κ1) is 17.1. The molecule has 0 bridgehead atoms. The summed E-state index contributed by atoms with van der Waals surface area (Å²) in [6.45, 7) is 0.416. The summed E-state index contributed by atoms with van der Waals surface area (Å²) in [5.74, 6) is -0.554. The van der Waals surface area contributed by atoms with Gasteiger partial charge in [-0.3, -0.25) is 9.59 Å². The van der Waals surface area contributed by atoms with Gasteiger partial charge in [0, 0.05) is 30.7 Å². The van der Waals surface area contributed by atoms with Crippen LogP contribution in [0, 0.1) is 0 Å². The van der Waals surface area contributed by atoms with Crippen molar-refractivity contribution in [3.05, 3.63) is 58.9 Å². The number of carbonyl (C=O) groups is 2. The Balaban J connectivity index is 1.45. The Morgan fingerprint density at radius 2 is 1.92 bits per heavy atom. The molecule has 0 atom stereocenters. The molecule has 130 valence electrons. The van der Waals surface area contributed by atoms with Crippen LogP contribution in [0.1, 0.15) is 16.1 Å². The molecule has 2 amide bonds. The Hall–Kier alpha value is -2.73. The fraction of sp³-hybridized carbons (Fsp3) is 0.222. The van der Waals surface area contributed by atoms with Crippen molar-refractivity contribution in [2.24, 2.45) is 7.05 Å². The van der Waals surface area contributed by atoms with Crippen molar-refractivity contribution in [3.63, 3.8) is 0 Å². The van der Waals surface area contributed by atoms with Crippen molar-refractivity contribution >= 4 is 34.5 Å². The van der Waals surface area contributed by atoms with Gasteiger partial charge in [0.2, 0.25) is 5.91 Å². The quantitative estimate of drug-likeness (QED) is 0.710. The molecular weight excluding hydrogens is 342 g/mol. The Morgan fingerprint density at radius 3 is 2.64 bits per heavy atom. The second-order valence-electron chi connectivity index (χ2n) is 5.67. The van der Waals surface area contributed by atoms with Crippen LogP contribution in [0.15, 0.2) is 47.1 Å². The number of fused-ring (bicyclic) bond motifs is 1. The lowest BCUT2D eigenvalue weighted by Crippen LogP contribution is -2.38. The van der Waals surface area contributed by atoms with Crippen molar-refractivity contribution in [1.82, 2.24) is 15.2 Å². The van der Waals surface area contributed by atoms with Crippen LogP contribution in [0.4, 0.5) is 0 Å². The second kappa shape index (κ2) is 7.44. The van der Waals surface area contributed by atoms with Crippen LogP contribution in [-0.4, -0.2) is 29.5 Å². The molecule has 1 aromatic carbocycles. The van der Waals surface area contributed by atoms with Crippen LogP contribution in [0.2, 0.25) is 5.02 Å². The summed E-state index contributed by atoms with van der Waals surface area (Å²) in [4.78, 5) is 24.1. The lowest BCUT2D eigenvalue weighted by Gasteiger charge is -2.08. The average molecular weight is 360 g/mol. The van der Waals surface area contributed by atoms with Gasteiger partial charge in [0.15, 0.2) is 5.58 Å². The van der Waals surface area contributed by atoms with Gasteiger partial charge in [-0.25, -0.2) is 0 Å². The number of hydrogen-bond acceptors (Lipinski definition) is 3. The highest BCUT2D eigenvalue weighted by Gasteiger charge is 2.15. The van der Waals surface area contributed by atoms with E-state index in [2.05, 4.69) is 10.6 Å². The first-order chi connectivity index (χ1) is 12.0. The molecule has 2 heterocycles. The van der Waals surface area contributed by atoms with E-state index in [1.165, 1.54) is 0 Å². The second-order valence-corrected chi connectivity index (χ2v) is 6.10. The number of benzene rings is 1. The largest absolute Gasteiger partial charge is 0.463 e. The molecule has 25 heavy (non-hydrogen) atoms. The Labute approximate surface area is 149 Å². The van der Waals surface area contributed by atoms with Gasteiger partial charge < -0.3 is 19.6 Å². The molecule has 0 radical (unpaired) electrons. The maximum absolute atomic E-state index is 12.2. The molecule has 0 spiro atoms. The summed E-state index contributed by atoms with van der Waals surface area (Å²) >= 11 is 5.83. The summed E-state index contributed by atoms with van der Waals surface area (Å²) < 4.78 is 7.00. The zero-order chi connectivity index (χ0) is 17.8. The van der Waals surface area contributed by atoms with Crippen molar-refractivity contribution in [1.29, 1.82) is 0 Å². The topological polar surface area (TPSA) is 76.3 Å². The minimum atomic E-state index is -0.318. The molecule has 0 saturated carbocycles. The molecule has 2 N–H and O–H groups in total. The SMILES string of the molecule is Cn1c(C(=O)NCC(=O)NCCc2ccc(Cl)cc2)cc2occc21. The summed E-state index contributed by atoms with van der Waals surface area (Å²) in [5.41, 5.74) is 3.00. The third kappa shape index (κ3) is 4.03. The standard InChI is InChI=1S/C18H18ClN3O3/c1-22-14-7-9-25-16(14)10-15(22)18(24)21-11-17(23)20-8-6-12-2-4-13(19)5-3-12/h2-5,7,9-10H,6,8,11H2,1H3,(H,20,23)(H,21,24). The van der Waals surface area contributed by atoms with E-state index in [1.54, 1.807) is 30.0 Å². The van der Waals surface area contributed by atoms with E-state index >= 15 is 0 Å². The smallest absolute Gasteiger partial charge is 0.268 e. The number of nitrogens with one attached hydrogen (secondary N) is 2. The van der Waals surface area contributed by atoms with E-state index < -0.39 is 0 Å². The summed E-state index contributed by atoms with van der Waals surface area (Å²) in [6.07, 6.45) is 2.27. The van der Waals surface area contributed by atoms with Gasteiger partial charge in [0.1, 0.15) is 5.69 Å². The van der Waals surface area contributed by atoms with Crippen LogP contribution in [-0.2, 0) is 18.3 Å². The van der Waals surface area contributed by atoms with Crippen molar-refractivity contribution in [3.8, 4) is 0 Å². The number of halogens is 1. The number of furan rings is 1. The summed E-state index contributed by atoms with van der Waals surface area (Å²) in [6, 6.07) is 10.9. The van der Waals surface area contributed by atoms with Crippen LogP contribution >= 0.6 is 11.6 Å². The zero-order valence-electron chi connectivity index (χ0n) is 13.7. The zero-order valence-corrected chi connectivity index (χ0v) is 14.5. The molecule has 7 heteroatoms.